The molecule has 3 aromatic rings. The lowest BCUT2D eigenvalue weighted by atomic mass is 10.1. The fourth-order valence-electron chi connectivity index (χ4n) is 3.00. The fraction of sp³-hybridized carbons (Fsp3) is 0.238. The van der Waals surface area contributed by atoms with Crippen molar-refractivity contribution in [2.24, 2.45) is 0 Å². The summed E-state index contributed by atoms with van der Waals surface area (Å²) >= 11 is 0. The van der Waals surface area contributed by atoms with Crippen LogP contribution in [0.15, 0.2) is 52.8 Å². The number of methoxy groups -OCH3 is 1. The molecule has 29 heavy (non-hydrogen) atoms. The number of hydrogen-bond donors (Lipinski definition) is 1. The Bertz CT molecular complexity index is 1110. The molecule has 0 aliphatic carbocycles. The van der Waals surface area contributed by atoms with Gasteiger partial charge in [0.05, 0.1) is 12.8 Å². The molecule has 2 heterocycles. The van der Waals surface area contributed by atoms with Gasteiger partial charge in [0.25, 0.3) is 5.91 Å². The first kappa shape index (κ1) is 18.7. The van der Waals surface area contributed by atoms with E-state index in [1.54, 1.807) is 12.1 Å². The van der Waals surface area contributed by atoms with E-state index in [9.17, 15) is 9.59 Å². The van der Waals surface area contributed by atoms with E-state index in [0.717, 1.165) is 16.4 Å². The molecule has 0 spiro atoms. The predicted molar refractivity (Wildman–Crippen MR) is 104 cm³/mol. The van der Waals surface area contributed by atoms with Crippen LogP contribution in [0.1, 0.15) is 6.92 Å². The third-order valence-corrected chi connectivity index (χ3v) is 4.46. The molecule has 1 aromatic heterocycles. The topological polar surface area (TPSA) is 96.2 Å². The second-order valence-corrected chi connectivity index (χ2v) is 6.39. The highest BCUT2D eigenvalue weighted by atomic mass is 16.6. The Morgan fingerprint density at radius 2 is 1.93 bits per heavy atom. The van der Waals surface area contributed by atoms with Gasteiger partial charge in [-0.05, 0) is 19.1 Å². The van der Waals surface area contributed by atoms with Gasteiger partial charge < -0.3 is 28.7 Å². The molecule has 0 fully saturated rings. The van der Waals surface area contributed by atoms with Gasteiger partial charge in [-0.2, -0.15) is 0 Å². The van der Waals surface area contributed by atoms with Crippen LogP contribution >= 0.6 is 0 Å². The number of esters is 1. The monoisotopic (exact) mass is 397 g/mol. The highest BCUT2D eigenvalue weighted by Crippen LogP contribution is 2.36. The van der Waals surface area contributed by atoms with Crippen LogP contribution in [0.3, 0.4) is 0 Å². The summed E-state index contributed by atoms with van der Waals surface area (Å²) in [5.41, 5.74) is 1.74. The van der Waals surface area contributed by atoms with Gasteiger partial charge >= 0.3 is 5.97 Å². The molecule has 0 unspecified atom stereocenters. The summed E-state index contributed by atoms with van der Waals surface area (Å²) in [5.74, 6) is -0.906. The molecule has 1 amide bonds. The second-order valence-electron chi connectivity index (χ2n) is 6.39. The zero-order valence-electron chi connectivity index (χ0n) is 15.9. The number of benzene rings is 2. The lowest BCUT2D eigenvalue weighted by molar-refractivity contribution is -0.153. The van der Waals surface area contributed by atoms with Crippen LogP contribution in [-0.4, -0.2) is 38.3 Å². The highest BCUT2D eigenvalue weighted by Gasteiger charge is 2.24. The van der Waals surface area contributed by atoms with E-state index in [4.69, 9.17) is 23.4 Å². The summed E-state index contributed by atoms with van der Waals surface area (Å²) in [6, 6.07) is 11.1. The maximum Gasteiger partial charge on any atom is 0.377 e. The molecule has 0 bridgehead atoms. The quantitative estimate of drug-likeness (QED) is 0.660. The fourth-order valence-corrected chi connectivity index (χ4v) is 3.00. The molecule has 8 nitrogen and oxygen atoms in total. The van der Waals surface area contributed by atoms with Gasteiger partial charge in [-0.3, -0.25) is 4.79 Å². The Kier molecular flexibility index (Phi) is 4.99. The van der Waals surface area contributed by atoms with Crippen molar-refractivity contribution in [2.45, 2.75) is 13.0 Å². The molecule has 4 rings (SSSR count). The number of hydrogen-bond acceptors (Lipinski definition) is 7. The maximum absolute atomic E-state index is 12.5. The molecular formula is C21H19NO7. The third-order valence-electron chi connectivity index (χ3n) is 4.46. The van der Waals surface area contributed by atoms with Crippen LogP contribution in [0.5, 0.6) is 5.75 Å². The van der Waals surface area contributed by atoms with Gasteiger partial charge in [0.2, 0.25) is 5.76 Å². The molecule has 150 valence electrons. The highest BCUT2D eigenvalue weighted by molar-refractivity contribution is 6.08. The van der Waals surface area contributed by atoms with Crippen molar-refractivity contribution < 1.29 is 33.0 Å². The van der Waals surface area contributed by atoms with Crippen molar-refractivity contribution in [3.05, 3.63) is 48.4 Å². The lowest BCUT2D eigenvalue weighted by Crippen LogP contribution is -2.31. The summed E-state index contributed by atoms with van der Waals surface area (Å²) in [6.45, 7) is 2.07. The number of rotatable bonds is 5. The number of fused-ring (bicyclic) bond motifs is 3. The van der Waals surface area contributed by atoms with Crippen molar-refractivity contribution in [2.75, 3.05) is 25.6 Å². The number of para-hydroxylation sites is 1. The average molecular weight is 397 g/mol. The lowest BCUT2D eigenvalue weighted by Gasteiger charge is -2.18. The summed E-state index contributed by atoms with van der Waals surface area (Å²) in [7, 11) is 1.51. The Balaban J connectivity index is 1.54. The number of furan rings is 1. The first-order valence-corrected chi connectivity index (χ1v) is 9.02. The third kappa shape index (κ3) is 3.69. The Hall–Kier alpha value is -3.68. The Labute approximate surface area is 166 Å². The molecule has 1 aliphatic heterocycles. The molecule has 8 heteroatoms. The van der Waals surface area contributed by atoms with Gasteiger partial charge in [0, 0.05) is 16.8 Å². The minimum absolute atomic E-state index is 0.0721. The van der Waals surface area contributed by atoms with Crippen LogP contribution in [0.2, 0.25) is 0 Å². The van der Waals surface area contributed by atoms with Gasteiger partial charge in [0.15, 0.2) is 6.10 Å². The SMILES string of the molecule is COc1cc2c(cc1NC(=O)[C@@H](C)OC(=O)C1=COCCO1)oc1ccccc12. The smallest absolute Gasteiger partial charge is 0.377 e. The Morgan fingerprint density at radius 3 is 2.69 bits per heavy atom. The van der Waals surface area contributed by atoms with Crippen LogP contribution in [-0.2, 0) is 23.8 Å². The van der Waals surface area contributed by atoms with Crippen molar-refractivity contribution in [1.82, 2.24) is 0 Å². The molecule has 1 aliphatic rings. The number of anilines is 1. The number of amides is 1. The van der Waals surface area contributed by atoms with Crippen LogP contribution in [0.25, 0.3) is 21.9 Å². The number of carbonyl (C=O) groups excluding carboxylic acids is 2. The summed E-state index contributed by atoms with van der Waals surface area (Å²) < 4.78 is 26.6. The van der Waals surface area contributed by atoms with Gasteiger partial charge in [-0.1, -0.05) is 18.2 Å². The van der Waals surface area contributed by atoms with Crippen LogP contribution < -0.4 is 10.1 Å². The van der Waals surface area contributed by atoms with E-state index in [1.165, 1.54) is 20.3 Å². The predicted octanol–water partition coefficient (Wildman–Crippen LogP) is 3.35. The standard InChI is InChI=1S/C21H19NO7/c1-12(28-21(24)19-11-26-7-8-27-19)20(23)22-15-10-17-14(9-18(15)25-2)13-5-3-4-6-16(13)29-17/h3-6,9-12H,7-8H2,1-2H3,(H,22,23)/t12-/m1/s1. The largest absolute Gasteiger partial charge is 0.495 e. The zero-order valence-corrected chi connectivity index (χ0v) is 15.9. The average Bonchev–Trinajstić information content (AvgIpc) is 3.11. The molecule has 0 saturated carbocycles. The van der Waals surface area contributed by atoms with Gasteiger partial charge in [0.1, 0.15) is 36.4 Å². The first-order chi connectivity index (χ1) is 14.1. The van der Waals surface area contributed by atoms with E-state index in [2.05, 4.69) is 5.32 Å². The summed E-state index contributed by atoms with van der Waals surface area (Å²) in [4.78, 5) is 24.6. The van der Waals surface area contributed by atoms with Gasteiger partial charge in [-0.15, -0.1) is 0 Å². The van der Waals surface area contributed by atoms with E-state index in [-0.39, 0.29) is 12.4 Å². The van der Waals surface area contributed by atoms with Gasteiger partial charge in [-0.25, -0.2) is 4.79 Å². The maximum atomic E-state index is 12.5. The summed E-state index contributed by atoms with van der Waals surface area (Å²) in [6.07, 6.45) is 0.111. The summed E-state index contributed by atoms with van der Waals surface area (Å²) in [5, 5.41) is 4.53. The normalized spacial score (nSPS) is 14.5. The van der Waals surface area contributed by atoms with E-state index in [1.807, 2.05) is 24.3 Å². The van der Waals surface area contributed by atoms with E-state index >= 15 is 0 Å². The van der Waals surface area contributed by atoms with Crippen molar-refractivity contribution in [3.8, 4) is 5.75 Å². The molecule has 1 N–H and O–H groups in total. The minimum atomic E-state index is -1.06. The van der Waals surface area contributed by atoms with Crippen molar-refractivity contribution in [1.29, 1.82) is 0 Å². The van der Waals surface area contributed by atoms with Crippen molar-refractivity contribution in [3.63, 3.8) is 0 Å². The molecule has 1 atom stereocenters. The Morgan fingerprint density at radius 1 is 1.10 bits per heavy atom. The zero-order chi connectivity index (χ0) is 20.4. The van der Waals surface area contributed by atoms with Crippen LogP contribution in [0, 0.1) is 0 Å². The molecule has 0 radical (unpaired) electrons. The second kappa shape index (κ2) is 7.75. The number of carbonyl (C=O) groups is 2. The number of ether oxygens (including phenoxy) is 4. The van der Waals surface area contributed by atoms with Crippen molar-refractivity contribution >= 4 is 39.5 Å². The molecular weight excluding hydrogens is 378 g/mol. The van der Waals surface area contributed by atoms with Crippen LogP contribution in [0.4, 0.5) is 5.69 Å². The minimum Gasteiger partial charge on any atom is -0.495 e. The molecule has 0 saturated heterocycles. The molecule has 2 aromatic carbocycles. The van der Waals surface area contributed by atoms with E-state index in [0.29, 0.717) is 23.6 Å². The van der Waals surface area contributed by atoms with E-state index < -0.39 is 18.0 Å². The first-order valence-electron chi connectivity index (χ1n) is 9.02. The number of nitrogens with one attached hydrogen (secondary N) is 1.